The van der Waals surface area contributed by atoms with Crippen molar-refractivity contribution in [3.63, 3.8) is 0 Å². The van der Waals surface area contributed by atoms with E-state index in [1.807, 2.05) is 24.3 Å². The highest BCUT2D eigenvalue weighted by atomic mass is 19.1. The molecular weight excluding hydrogens is 583 g/mol. The maximum atomic E-state index is 13.9. The Labute approximate surface area is 270 Å². The smallest absolute Gasteiger partial charge is 0.322 e. The van der Waals surface area contributed by atoms with Crippen LogP contribution in [0, 0.1) is 12.4 Å². The normalized spacial score (nSPS) is 19.9. The highest BCUT2D eigenvalue weighted by Gasteiger charge is 2.31. The Morgan fingerprint density at radius 1 is 1.13 bits per heavy atom. The molecule has 0 radical (unpaired) electrons. The van der Waals surface area contributed by atoms with Crippen molar-refractivity contribution in [3.05, 3.63) is 96.2 Å². The van der Waals surface area contributed by atoms with E-state index in [4.69, 9.17) is 6.57 Å². The number of pyridine rings is 1. The molecule has 2 aromatic carbocycles. The quantitative estimate of drug-likeness (QED) is 0.195. The van der Waals surface area contributed by atoms with Gasteiger partial charge in [-0.05, 0) is 87.7 Å². The number of aromatic nitrogens is 1. The van der Waals surface area contributed by atoms with Crippen LogP contribution in [-0.2, 0) is 11.3 Å². The molecule has 2 aliphatic rings. The van der Waals surface area contributed by atoms with Crippen molar-refractivity contribution < 1.29 is 14.0 Å². The van der Waals surface area contributed by atoms with Crippen molar-refractivity contribution in [1.82, 2.24) is 15.2 Å². The van der Waals surface area contributed by atoms with Crippen LogP contribution in [0.5, 0.6) is 0 Å². The summed E-state index contributed by atoms with van der Waals surface area (Å²) in [5, 5.41) is 9.44. The molecule has 1 atom stereocenters. The molecule has 1 saturated heterocycles. The van der Waals surface area contributed by atoms with Crippen molar-refractivity contribution in [2.75, 3.05) is 47.1 Å². The van der Waals surface area contributed by atoms with Crippen molar-refractivity contribution in [3.8, 4) is 0 Å². The summed E-state index contributed by atoms with van der Waals surface area (Å²) in [6, 6.07) is 15.6. The zero-order chi connectivity index (χ0) is 32.6. The third kappa shape index (κ3) is 8.00. The zero-order valence-corrected chi connectivity index (χ0v) is 26.4. The molecular formula is C35H41FN8O2. The van der Waals surface area contributed by atoms with Crippen molar-refractivity contribution in [2.45, 2.75) is 57.3 Å². The average Bonchev–Trinajstić information content (AvgIpc) is 3.06. The number of halogens is 1. The topological polar surface area (TPSA) is 97.2 Å². The molecule has 3 aromatic rings. The first-order valence-corrected chi connectivity index (χ1v) is 15.7. The first-order valence-electron chi connectivity index (χ1n) is 15.7. The van der Waals surface area contributed by atoms with Gasteiger partial charge in [0.1, 0.15) is 11.6 Å². The van der Waals surface area contributed by atoms with Crippen LogP contribution >= 0.6 is 0 Å². The van der Waals surface area contributed by atoms with Crippen LogP contribution < -0.4 is 25.8 Å². The molecule has 11 heteroatoms. The number of nitrogens with one attached hydrogen (secondary N) is 3. The van der Waals surface area contributed by atoms with Gasteiger partial charge in [0.25, 0.3) is 0 Å². The number of hydrogen-bond acceptors (Lipinski definition) is 6. The van der Waals surface area contributed by atoms with E-state index in [1.54, 1.807) is 29.3 Å². The minimum Gasteiger partial charge on any atom is -0.367 e. The largest absolute Gasteiger partial charge is 0.367 e. The molecule has 1 aliphatic carbocycles. The molecule has 0 bridgehead atoms. The van der Waals surface area contributed by atoms with Crippen molar-refractivity contribution in [2.24, 2.45) is 0 Å². The first-order chi connectivity index (χ1) is 22.2. The summed E-state index contributed by atoms with van der Waals surface area (Å²) in [5.74, 6) is 0.0355. The molecule has 1 saturated carbocycles. The van der Waals surface area contributed by atoms with Crippen LogP contribution in [0.2, 0.25) is 0 Å². The van der Waals surface area contributed by atoms with Gasteiger partial charge in [0.05, 0.1) is 17.9 Å². The van der Waals surface area contributed by atoms with Gasteiger partial charge in [0.2, 0.25) is 11.6 Å². The van der Waals surface area contributed by atoms with Gasteiger partial charge in [-0.15, -0.1) is 0 Å². The number of carbonyl (C=O) groups is 2. The van der Waals surface area contributed by atoms with E-state index in [2.05, 4.69) is 56.1 Å². The molecule has 0 spiro atoms. The van der Waals surface area contributed by atoms with Gasteiger partial charge in [0, 0.05) is 56.2 Å². The Morgan fingerprint density at radius 2 is 1.93 bits per heavy atom. The summed E-state index contributed by atoms with van der Waals surface area (Å²) >= 11 is 0. The summed E-state index contributed by atoms with van der Waals surface area (Å²) in [6.45, 7) is 15.6. The number of nitrogens with zero attached hydrogens (tertiary/aromatic N) is 5. The highest BCUT2D eigenvalue weighted by molar-refractivity contribution is 6.02. The number of carbonyl (C=O) groups excluding carboxylic acids is 2. The van der Waals surface area contributed by atoms with E-state index in [-0.39, 0.29) is 36.4 Å². The maximum Gasteiger partial charge on any atom is 0.322 e. The molecule has 3 amide bonds. The third-order valence-electron chi connectivity index (χ3n) is 8.84. The van der Waals surface area contributed by atoms with E-state index in [1.165, 1.54) is 18.2 Å². The lowest BCUT2D eigenvalue weighted by atomic mass is 9.89. The second-order valence-corrected chi connectivity index (χ2v) is 12.0. The van der Waals surface area contributed by atoms with E-state index in [0.717, 1.165) is 56.8 Å². The Hall–Kier alpha value is -4.95. The second-order valence-electron chi connectivity index (χ2n) is 12.0. The summed E-state index contributed by atoms with van der Waals surface area (Å²) in [5.41, 5.74) is 3.33. The molecule has 1 aliphatic heterocycles. The number of amides is 3. The molecule has 0 unspecified atom stereocenters. The van der Waals surface area contributed by atoms with Gasteiger partial charge in [-0.2, -0.15) is 0 Å². The number of piperazine rings is 1. The maximum absolute atomic E-state index is 13.9. The van der Waals surface area contributed by atoms with E-state index < -0.39 is 0 Å². The average molecular weight is 625 g/mol. The Morgan fingerprint density at radius 3 is 2.61 bits per heavy atom. The second kappa shape index (κ2) is 14.9. The lowest BCUT2D eigenvalue weighted by molar-refractivity contribution is -0.111. The van der Waals surface area contributed by atoms with Crippen LogP contribution in [-0.4, -0.2) is 66.6 Å². The standard InChI is InChI=1S/C35H41FN8O2/c1-5-34(45)41-31-20-30(14-15-32(31)43-18-17-42(4)24(2)23-43)44(35(46)39-21-25-7-6-8-26(36)19-25)29-12-9-27(10-13-29)40-33-16-11-28(37-3)22-38-33/h5-8,11,14-16,19-20,22,24,27,29H,1,9-10,12-13,17-18,21,23H2,2,4H3,(H,38,40)(H,39,46)(H,41,45)/t24-,27?,29?/m0/s1. The molecule has 1 aromatic heterocycles. The number of hydrogen-bond donors (Lipinski definition) is 3. The molecule has 2 heterocycles. The minimum atomic E-state index is -0.357. The number of benzene rings is 2. The Kier molecular flexibility index (Phi) is 10.5. The summed E-state index contributed by atoms with van der Waals surface area (Å²) in [4.78, 5) is 40.6. The van der Waals surface area contributed by atoms with Gasteiger partial charge < -0.3 is 25.8 Å². The third-order valence-corrected chi connectivity index (χ3v) is 8.84. The monoisotopic (exact) mass is 624 g/mol. The summed E-state index contributed by atoms with van der Waals surface area (Å²) in [7, 11) is 2.11. The molecule has 3 N–H and O–H groups in total. The van der Waals surface area contributed by atoms with Crippen LogP contribution in [0.15, 0.2) is 73.4 Å². The molecule has 5 rings (SSSR count). The van der Waals surface area contributed by atoms with Crippen LogP contribution in [0.3, 0.4) is 0 Å². The van der Waals surface area contributed by atoms with Gasteiger partial charge >= 0.3 is 6.03 Å². The number of likely N-dealkylation sites (N-methyl/N-ethyl adjacent to an activating group) is 1. The lowest BCUT2D eigenvalue weighted by Crippen LogP contribution is -2.50. The fourth-order valence-corrected chi connectivity index (χ4v) is 6.13. The van der Waals surface area contributed by atoms with Gasteiger partial charge in [0.15, 0.2) is 0 Å². The summed E-state index contributed by atoms with van der Waals surface area (Å²) in [6.07, 6.45) is 5.88. The first kappa shape index (κ1) is 32.4. The molecule has 46 heavy (non-hydrogen) atoms. The predicted octanol–water partition coefficient (Wildman–Crippen LogP) is 6.18. The SMILES string of the molecule is [C-]#[N+]c1ccc(NC2CCC(N(C(=O)NCc3cccc(F)c3)c3ccc(N4CCN(C)[C@@H](C)C4)c(NC(=O)C=C)c3)CC2)nc1. The summed E-state index contributed by atoms with van der Waals surface area (Å²) < 4.78 is 13.9. The lowest BCUT2D eigenvalue weighted by Gasteiger charge is -2.40. The van der Waals surface area contributed by atoms with E-state index >= 15 is 0 Å². The highest BCUT2D eigenvalue weighted by Crippen LogP contribution is 2.36. The van der Waals surface area contributed by atoms with Gasteiger partial charge in [-0.3, -0.25) is 14.7 Å². The van der Waals surface area contributed by atoms with Crippen LogP contribution in [0.1, 0.15) is 38.2 Å². The number of urea groups is 1. The number of rotatable bonds is 9. The minimum absolute atomic E-state index is 0.111. The van der Waals surface area contributed by atoms with Crippen LogP contribution in [0.4, 0.5) is 37.8 Å². The Balaban J connectivity index is 1.39. The van der Waals surface area contributed by atoms with Crippen LogP contribution in [0.25, 0.3) is 4.85 Å². The predicted molar refractivity (Wildman–Crippen MR) is 181 cm³/mol. The van der Waals surface area contributed by atoms with Gasteiger partial charge in [-0.1, -0.05) is 24.8 Å². The molecule has 240 valence electrons. The van der Waals surface area contributed by atoms with Crippen molar-refractivity contribution in [1.29, 1.82) is 0 Å². The van der Waals surface area contributed by atoms with E-state index in [9.17, 15) is 14.0 Å². The number of anilines is 4. The Bertz CT molecular complexity index is 1580. The van der Waals surface area contributed by atoms with Crippen molar-refractivity contribution >= 4 is 40.5 Å². The fourth-order valence-electron chi connectivity index (χ4n) is 6.13. The molecule has 2 fully saturated rings. The van der Waals surface area contributed by atoms with Gasteiger partial charge in [-0.25, -0.2) is 14.0 Å². The fraction of sp³-hybridized carbons (Fsp3) is 0.371. The zero-order valence-electron chi connectivity index (χ0n) is 26.4. The molecule has 10 nitrogen and oxygen atoms in total. The van der Waals surface area contributed by atoms with E-state index in [0.29, 0.717) is 28.7 Å².